The molecule has 0 aromatic heterocycles. The minimum absolute atomic E-state index is 0. The molecule has 0 aliphatic heterocycles. The largest absolute Gasteiger partial charge is 0.348 e. The van der Waals surface area contributed by atoms with Crippen LogP contribution in [-0.4, -0.2) is 23.4 Å². The van der Waals surface area contributed by atoms with Crippen LogP contribution in [0.15, 0.2) is 18.2 Å². The highest BCUT2D eigenvalue weighted by molar-refractivity contribution is 6.31. The Hall–Kier alpha value is -1.37. The Morgan fingerprint density at radius 1 is 1.55 bits per heavy atom. The first kappa shape index (κ1) is 16.7. The number of carbonyl (C=O) groups is 1. The predicted molar refractivity (Wildman–Crippen MR) is 78.4 cm³/mol. The molecule has 110 valence electrons. The SMILES string of the molecule is Cl.NCC(NC(=O)c1cc(Cl)ccc1[N+](=O)[O-])C1CC1. The van der Waals surface area contributed by atoms with Gasteiger partial charge in [0, 0.05) is 23.7 Å². The van der Waals surface area contributed by atoms with Gasteiger partial charge in [-0.2, -0.15) is 0 Å². The van der Waals surface area contributed by atoms with Crippen molar-refractivity contribution in [3.05, 3.63) is 38.9 Å². The molecule has 1 aromatic rings. The summed E-state index contributed by atoms with van der Waals surface area (Å²) in [5.41, 5.74) is 5.31. The molecule has 20 heavy (non-hydrogen) atoms. The Balaban J connectivity index is 0.00000200. The van der Waals surface area contributed by atoms with E-state index in [-0.39, 0.29) is 34.7 Å². The fraction of sp³-hybridized carbons (Fsp3) is 0.417. The van der Waals surface area contributed by atoms with Crippen LogP contribution in [0.2, 0.25) is 5.02 Å². The van der Waals surface area contributed by atoms with Crippen molar-refractivity contribution in [1.82, 2.24) is 5.32 Å². The van der Waals surface area contributed by atoms with Crippen LogP contribution in [0.25, 0.3) is 0 Å². The lowest BCUT2D eigenvalue weighted by atomic mass is 10.1. The molecule has 2 rings (SSSR count). The van der Waals surface area contributed by atoms with Crippen molar-refractivity contribution in [3.8, 4) is 0 Å². The number of nitro groups is 1. The lowest BCUT2D eigenvalue weighted by Gasteiger charge is -2.16. The van der Waals surface area contributed by atoms with E-state index in [1.807, 2.05) is 0 Å². The predicted octanol–water partition coefficient (Wildman–Crippen LogP) is 2.14. The van der Waals surface area contributed by atoms with Crippen molar-refractivity contribution >= 4 is 35.6 Å². The monoisotopic (exact) mass is 319 g/mol. The van der Waals surface area contributed by atoms with Crippen molar-refractivity contribution in [2.45, 2.75) is 18.9 Å². The van der Waals surface area contributed by atoms with Gasteiger partial charge in [0.05, 0.1) is 4.92 Å². The van der Waals surface area contributed by atoms with E-state index in [9.17, 15) is 14.9 Å². The number of carbonyl (C=O) groups excluding carboxylic acids is 1. The summed E-state index contributed by atoms with van der Waals surface area (Å²) < 4.78 is 0. The van der Waals surface area contributed by atoms with Crippen molar-refractivity contribution in [2.24, 2.45) is 11.7 Å². The Morgan fingerprint density at radius 3 is 2.70 bits per heavy atom. The molecule has 0 bridgehead atoms. The molecule has 8 heteroatoms. The van der Waals surface area contributed by atoms with Crippen LogP contribution in [0.1, 0.15) is 23.2 Å². The molecule has 0 saturated heterocycles. The van der Waals surface area contributed by atoms with Gasteiger partial charge in [0.25, 0.3) is 11.6 Å². The first-order chi connectivity index (χ1) is 9.02. The lowest BCUT2D eigenvalue weighted by Crippen LogP contribution is -2.41. The molecule has 1 aromatic carbocycles. The van der Waals surface area contributed by atoms with E-state index in [2.05, 4.69) is 5.32 Å². The Kier molecular flexibility index (Phi) is 5.74. The van der Waals surface area contributed by atoms with Gasteiger partial charge in [0.2, 0.25) is 0 Å². The van der Waals surface area contributed by atoms with Gasteiger partial charge >= 0.3 is 0 Å². The molecule has 1 fully saturated rings. The summed E-state index contributed by atoms with van der Waals surface area (Å²) in [6.07, 6.45) is 2.06. The third-order valence-electron chi connectivity index (χ3n) is 3.16. The molecule has 1 aliphatic rings. The molecule has 0 heterocycles. The number of rotatable bonds is 5. The maximum absolute atomic E-state index is 12.1. The van der Waals surface area contributed by atoms with Gasteiger partial charge in [-0.15, -0.1) is 12.4 Å². The molecule has 3 N–H and O–H groups in total. The number of halogens is 2. The Morgan fingerprint density at radius 2 is 2.20 bits per heavy atom. The summed E-state index contributed by atoms with van der Waals surface area (Å²) in [5, 5.41) is 13.9. The molecule has 6 nitrogen and oxygen atoms in total. The third-order valence-corrected chi connectivity index (χ3v) is 3.40. The van der Waals surface area contributed by atoms with Gasteiger partial charge in [-0.25, -0.2) is 0 Å². The van der Waals surface area contributed by atoms with Crippen molar-refractivity contribution in [3.63, 3.8) is 0 Å². The van der Waals surface area contributed by atoms with Crippen LogP contribution < -0.4 is 11.1 Å². The van der Waals surface area contributed by atoms with Crippen LogP contribution in [-0.2, 0) is 0 Å². The number of nitro benzene ring substituents is 1. The van der Waals surface area contributed by atoms with Crippen molar-refractivity contribution in [1.29, 1.82) is 0 Å². The summed E-state index contributed by atoms with van der Waals surface area (Å²) in [6.45, 7) is 0.324. The quantitative estimate of drug-likeness (QED) is 0.641. The van der Waals surface area contributed by atoms with Crippen LogP contribution in [0.4, 0.5) is 5.69 Å². The molecule has 1 amide bonds. The first-order valence-electron chi connectivity index (χ1n) is 5.97. The van der Waals surface area contributed by atoms with E-state index < -0.39 is 10.8 Å². The average Bonchev–Trinajstić information content (AvgIpc) is 3.19. The Labute approximate surface area is 127 Å². The zero-order chi connectivity index (χ0) is 14.0. The summed E-state index contributed by atoms with van der Waals surface area (Å²) in [5.74, 6) is -0.122. The van der Waals surface area contributed by atoms with Crippen molar-refractivity contribution < 1.29 is 9.72 Å². The highest BCUT2D eigenvalue weighted by Crippen LogP contribution is 2.32. The second-order valence-electron chi connectivity index (χ2n) is 4.57. The summed E-state index contributed by atoms with van der Waals surface area (Å²) in [4.78, 5) is 22.4. The molecule has 1 unspecified atom stereocenters. The first-order valence-corrected chi connectivity index (χ1v) is 6.35. The maximum Gasteiger partial charge on any atom is 0.282 e. The summed E-state index contributed by atoms with van der Waals surface area (Å²) in [6, 6.07) is 3.78. The van der Waals surface area contributed by atoms with Gasteiger partial charge < -0.3 is 11.1 Å². The van der Waals surface area contributed by atoms with Crippen LogP contribution in [0, 0.1) is 16.0 Å². The molecule has 0 spiro atoms. The third kappa shape index (κ3) is 3.82. The highest BCUT2D eigenvalue weighted by atomic mass is 35.5. The van der Waals surface area contributed by atoms with Crippen molar-refractivity contribution in [2.75, 3.05) is 6.54 Å². The molecular formula is C12H15Cl2N3O3. The van der Waals surface area contributed by atoms with Gasteiger partial charge in [-0.05, 0) is 30.9 Å². The summed E-state index contributed by atoms with van der Waals surface area (Å²) in [7, 11) is 0. The van der Waals surface area contributed by atoms with E-state index in [0.29, 0.717) is 12.5 Å². The topological polar surface area (TPSA) is 98.3 Å². The zero-order valence-corrected chi connectivity index (χ0v) is 12.1. The van der Waals surface area contributed by atoms with E-state index in [1.54, 1.807) is 0 Å². The normalized spacial score (nSPS) is 15.1. The number of hydrogen-bond acceptors (Lipinski definition) is 4. The molecule has 0 radical (unpaired) electrons. The fourth-order valence-corrected chi connectivity index (χ4v) is 2.14. The Bertz CT molecular complexity index is 521. The van der Waals surface area contributed by atoms with Gasteiger partial charge in [-0.3, -0.25) is 14.9 Å². The fourth-order valence-electron chi connectivity index (χ4n) is 1.96. The van der Waals surface area contributed by atoms with E-state index >= 15 is 0 Å². The molecule has 1 aliphatic carbocycles. The van der Waals surface area contributed by atoms with Gasteiger partial charge in [-0.1, -0.05) is 11.6 Å². The average molecular weight is 320 g/mol. The molecule has 1 saturated carbocycles. The minimum atomic E-state index is -0.597. The van der Waals surface area contributed by atoms with E-state index in [4.69, 9.17) is 17.3 Å². The highest BCUT2D eigenvalue weighted by Gasteiger charge is 2.32. The van der Waals surface area contributed by atoms with Crippen LogP contribution >= 0.6 is 24.0 Å². The second-order valence-corrected chi connectivity index (χ2v) is 5.01. The molecular weight excluding hydrogens is 305 g/mol. The van der Waals surface area contributed by atoms with E-state index in [0.717, 1.165) is 12.8 Å². The van der Waals surface area contributed by atoms with Gasteiger partial charge in [0.15, 0.2) is 0 Å². The number of amides is 1. The zero-order valence-electron chi connectivity index (χ0n) is 10.5. The molecule has 1 atom stereocenters. The number of benzene rings is 1. The van der Waals surface area contributed by atoms with E-state index in [1.165, 1.54) is 18.2 Å². The summed E-state index contributed by atoms with van der Waals surface area (Å²) >= 11 is 5.78. The van der Waals surface area contributed by atoms with Crippen LogP contribution in [0.3, 0.4) is 0 Å². The van der Waals surface area contributed by atoms with Gasteiger partial charge in [0.1, 0.15) is 5.56 Å². The maximum atomic E-state index is 12.1. The number of nitrogens with two attached hydrogens (primary N) is 1. The second kappa shape index (κ2) is 6.88. The number of hydrogen-bond donors (Lipinski definition) is 2. The lowest BCUT2D eigenvalue weighted by molar-refractivity contribution is -0.385. The standard InChI is InChI=1S/C12H14ClN3O3.ClH/c13-8-3-4-11(16(18)19)9(5-8)12(17)15-10(6-14)7-1-2-7;/h3-5,7,10H,1-2,6,14H2,(H,15,17);1H. The van der Waals surface area contributed by atoms with Crippen LogP contribution in [0.5, 0.6) is 0 Å². The number of nitrogens with zero attached hydrogens (tertiary/aromatic N) is 1. The minimum Gasteiger partial charge on any atom is -0.348 e. The number of nitrogens with one attached hydrogen (secondary N) is 1. The smallest absolute Gasteiger partial charge is 0.282 e.